The van der Waals surface area contributed by atoms with Crippen molar-refractivity contribution in [3.63, 3.8) is 0 Å². The molecule has 0 bridgehead atoms. The van der Waals surface area contributed by atoms with E-state index < -0.39 is 0 Å². The van der Waals surface area contributed by atoms with Crippen LogP contribution in [0.25, 0.3) is 0 Å². The molecule has 1 aromatic carbocycles. The Balaban J connectivity index is 2.40. The standard InChI is InChI=1S/C12H18FN3/c1-9(2)16-12(14)15-7-6-10-4-3-5-11(13)8-10/h3-5,8-9H,6-7H2,1-2H3,(H3,14,15,16). The minimum atomic E-state index is -0.213. The second-order valence-electron chi connectivity index (χ2n) is 3.95. The summed E-state index contributed by atoms with van der Waals surface area (Å²) in [5, 5.41) is 2.99. The van der Waals surface area contributed by atoms with Gasteiger partial charge in [-0.15, -0.1) is 0 Å². The van der Waals surface area contributed by atoms with Gasteiger partial charge in [0.25, 0.3) is 0 Å². The summed E-state index contributed by atoms with van der Waals surface area (Å²) in [5.41, 5.74) is 6.57. The van der Waals surface area contributed by atoms with E-state index in [1.165, 1.54) is 12.1 Å². The maximum atomic E-state index is 12.9. The molecule has 3 nitrogen and oxygen atoms in total. The van der Waals surface area contributed by atoms with Crippen LogP contribution in [0.15, 0.2) is 29.3 Å². The third-order valence-corrected chi connectivity index (χ3v) is 2.01. The largest absolute Gasteiger partial charge is 0.370 e. The van der Waals surface area contributed by atoms with Crippen LogP contribution in [0.3, 0.4) is 0 Å². The fraction of sp³-hybridized carbons (Fsp3) is 0.417. The minimum absolute atomic E-state index is 0.213. The van der Waals surface area contributed by atoms with Gasteiger partial charge in [-0.2, -0.15) is 0 Å². The van der Waals surface area contributed by atoms with Gasteiger partial charge in [0.1, 0.15) is 5.82 Å². The van der Waals surface area contributed by atoms with Crippen LogP contribution >= 0.6 is 0 Å². The molecule has 0 unspecified atom stereocenters. The molecule has 0 aliphatic carbocycles. The van der Waals surface area contributed by atoms with Crippen LogP contribution in [0.4, 0.5) is 4.39 Å². The lowest BCUT2D eigenvalue weighted by Crippen LogP contribution is -2.36. The number of rotatable bonds is 4. The molecular weight excluding hydrogens is 205 g/mol. The summed E-state index contributed by atoms with van der Waals surface area (Å²) in [4.78, 5) is 4.15. The topological polar surface area (TPSA) is 50.4 Å². The second kappa shape index (κ2) is 6.10. The Morgan fingerprint density at radius 1 is 1.50 bits per heavy atom. The van der Waals surface area contributed by atoms with Crippen molar-refractivity contribution in [2.45, 2.75) is 26.3 Å². The number of benzene rings is 1. The predicted octanol–water partition coefficient (Wildman–Crippen LogP) is 1.68. The smallest absolute Gasteiger partial charge is 0.188 e. The van der Waals surface area contributed by atoms with E-state index in [0.29, 0.717) is 18.9 Å². The Labute approximate surface area is 95.6 Å². The molecule has 0 spiro atoms. The van der Waals surface area contributed by atoms with Crippen LogP contribution in [-0.4, -0.2) is 18.5 Å². The van der Waals surface area contributed by atoms with Crippen molar-refractivity contribution in [1.29, 1.82) is 0 Å². The van der Waals surface area contributed by atoms with Crippen molar-refractivity contribution in [1.82, 2.24) is 5.32 Å². The average Bonchev–Trinajstić information content (AvgIpc) is 2.16. The molecule has 3 N–H and O–H groups in total. The number of aliphatic imine (C=N–C) groups is 1. The molecule has 0 aliphatic heterocycles. The summed E-state index contributed by atoms with van der Waals surface area (Å²) >= 11 is 0. The molecule has 0 radical (unpaired) electrons. The van der Waals surface area contributed by atoms with E-state index in [1.807, 2.05) is 19.9 Å². The molecule has 0 saturated heterocycles. The third-order valence-electron chi connectivity index (χ3n) is 2.01. The van der Waals surface area contributed by atoms with Crippen LogP contribution in [-0.2, 0) is 6.42 Å². The number of nitrogens with zero attached hydrogens (tertiary/aromatic N) is 1. The predicted molar refractivity (Wildman–Crippen MR) is 64.9 cm³/mol. The molecule has 1 rings (SSSR count). The van der Waals surface area contributed by atoms with E-state index in [9.17, 15) is 4.39 Å². The highest BCUT2D eigenvalue weighted by molar-refractivity contribution is 5.78. The summed E-state index contributed by atoms with van der Waals surface area (Å²) in [6, 6.07) is 6.80. The fourth-order valence-corrected chi connectivity index (χ4v) is 1.34. The first-order valence-electron chi connectivity index (χ1n) is 5.39. The van der Waals surface area contributed by atoms with Crippen molar-refractivity contribution < 1.29 is 4.39 Å². The molecular formula is C12H18FN3. The van der Waals surface area contributed by atoms with E-state index in [0.717, 1.165) is 5.56 Å². The summed E-state index contributed by atoms with van der Waals surface area (Å²) in [5.74, 6) is 0.223. The maximum Gasteiger partial charge on any atom is 0.188 e. The first-order chi connectivity index (χ1) is 7.58. The van der Waals surface area contributed by atoms with Crippen LogP contribution < -0.4 is 11.1 Å². The minimum Gasteiger partial charge on any atom is -0.370 e. The Bertz CT molecular complexity index is 361. The van der Waals surface area contributed by atoms with Crippen LogP contribution in [0, 0.1) is 5.82 Å². The monoisotopic (exact) mass is 223 g/mol. The van der Waals surface area contributed by atoms with Crippen LogP contribution in [0.2, 0.25) is 0 Å². The molecule has 0 heterocycles. The number of nitrogens with two attached hydrogens (primary N) is 1. The molecule has 4 heteroatoms. The Hall–Kier alpha value is -1.58. The summed E-state index contributed by atoms with van der Waals surface area (Å²) in [6.45, 7) is 4.55. The highest BCUT2D eigenvalue weighted by Crippen LogP contribution is 2.03. The zero-order valence-electron chi connectivity index (χ0n) is 9.70. The Kier molecular flexibility index (Phi) is 4.76. The highest BCUT2D eigenvalue weighted by Gasteiger charge is 1.96. The summed E-state index contributed by atoms with van der Waals surface area (Å²) < 4.78 is 12.9. The fourth-order valence-electron chi connectivity index (χ4n) is 1.34. The summed E-state index contributed by atoms with van der Waals surface area (Å²) in [7, 11) is 0. The molecule has 0 saturated carbocycles. The molecule has 0 atom stereocenters. The van der Waals surface area contributed by atoms with Gasteiger partial charge in [-0.1, -0.05) is 12.1 Å². The Morgan fingerprint density at radius 2 is 2.25 bits per heavy atom. The zero-order valence-corrected chi connectivity index (χ0v) is 9.70. The zero-order chi connectivity index (χ0) is 12.0. The molecule has 0 fully saturated rings. The van der Waals surface area contributed by atoms with E-state index in [1.54, 1.807) is 6.07 Å². The normalized spacial score (nSPS) is 11.9. The van der Waals surface area contributed by atoms with E-state index in [2.05, 4.69) is 10.3 Å². The van der Waals surface area contributed by atoms with Crippen molar-refractivity contribution in [2.75, 3.05) is 6.54 Å². The van der Waals surface area contributed by atoms with Crippen molar-refractivity contribution in [3.05, 3.63) is 35.6 Å². The van der Waals surface area contributed by atoms with Crippen molar-refractivity contribution in [3.8, 4) is 0 Å². The number of nitrogens with one attached hydrogen (secondary N) is 1. The maximum absolute atomic E-state index is 12.9. The number of hydrogen-bond acceptors (Lipinski definition) is 1. The first-order valence-corrected chi connectivity index (χ1v) is 5.39. The van der Waals surface area contributed by atoms with Gasteiger partial charge < -0.3 is 11.1 Å². The van der Waals surface area contributed by atoms with Gasteiger partial charge in [0, 0.05) is 12.6 Å². The lowest BCUT2D eigenvalue weighted by molar-refractivity contribution is 0.625. The summed E-state index contributed by atoms with van der Waals surface area (Å²) in [6.07, 6.45) is 0.693. The van der Waals surface area contributed by atoms with Gasteiger partial charge in [-0.25, -0.2) is 4.39 Å². The molecule has 0 aliphatic rings. The van der Waals surface area contributed by atoms with Gasteiger partial charge in [-0.3, -0.25) is 4.99 Å². The first kappa shape index (κ1) is 12.5. The van der Waals surface area contributed by atoms with Gasteiger partial charge in [-0.05, 0) is 38.0 Å². The van der Waals surface area contributed by atoms with E-state index in [-0.39, 0.29) is 11.9 Å². The van der Waals surface area contributed by atoms with E-state index in [4.69, 9.17) is 5.73 Å². The lowest BCUT2D eigenvalue weighted by Gasteiger charge is -2.08. The SMILES string of the molecule is CC(C)NC(N)=NCCc1cccc(F)c1. The van der Waals surface area contributed by atoms with Gasteiger partial charge in [0.2, 0.25) is 0 Å². The molecule has 0 aromatic heterocycles. The van der Waals surface area contributed by atoms with Crippen molar-refractivity contribution >= 4 is 5.96 Å². The number of guanidine groups is 1. The molecule has 1 aromatic rings. The average molecular weight is 223 g/mol. The van der Waals surface area contributed by atoms with E-state index >= 15 is 0 Å². The second-order valence-corrected chi connectivity index (χ2v) is 3.95. The number of halogens is 1. The van der Waals surface area contributed by atoms with Crippen LogP contribution in [0.1, 0.15) is 19.4 Å². The van der Waals surface area contributed by atoms with Gasteiger partial charge in [0.15, 0.2) is 5.96 Å². The molecule has 16 heavy (non-hydrogen) atoms. The molecule has 0 amide bonds. The van der Waals surface area contributed by atoms with Gasteiger partial charge in [0.05, 0.1) is 0 Å². The lowest BCUT2D eigenvalue weighted by atomic mass is 10.1. The van der Waals surface area contributed by atoms with Gasteiger partial charge >= 0.3 is 0 Å². The van der Waals surface area contributed by atoms with Crippen LogP contribution in [0.5, 0.6) is 0 Å². The third kappa shape index (κ3) is 4.77. The molecule has 88 valence electrons. The van der Waals surface area contributed by atoms with Crippen molar-refractivity contribution in [2.24, 2.45) is 10.7 Å². The quantitative estimate of drug-likeness (QED) is 0.602. The Morgan fingerprint density at radius 3 is 2.88 bits per heavy atom. The highest BCUT2D eigenvalue weighted by atomic mass is 19.1. The number of hydrogen-bond donors (Lipinski definition) is 2.